The summed E-state index contributed by atoms with van der Waals surface area (Å²) in [5, 5.41) is -1.60. The number of hydrogen-bond acceptors (Lipinski definition) is 3. The summed E-state index contributed by atoms with van der Waals surface area (Å²) in [7, 11) is -4.70. The van der Waals surface area contributed by atoms with E-state index in [1.807, 2.05) is 0 Å². The SMILES string of the molecule is CCO[Si](OCC)(OCC)c1c(F)c(F)c(F)c(F)c1C(F)(F)F. The van der Waals surface area contributed by atoms with Gasteiger partial charge in [0.2, 0.25) is 0 Å². The van der Waals surface area contributed by atoms with Gasteiger partial charge < -0.3 is 13.3 Å². The molecule has 0 saturated carbocycles. The Morgan fingerprint density at radius 1 is 0.708 bits per heavy atom. The monoisotopic (exact) mass is 380 g/mol. The fourth-order valence-corrected chi connectivity index (χ4v) is 4.86. The van der Waals surface area contributed by atoms with Gasteiger partial charge in [-0.2, -0.15) is 13.2 Å². The summed E-state index contributed by atoms with van der Waals surface area (Å²) in [6.45, 7) is 3.18. The topological polar surface area (TPSA) is 27.7 Å². The van der Waals surface area contributed by atoms with Gasteiger partial charge >= 0.3 is 15.0 Å². The van der Waals surface area contributed by atoms with E-state index in [1.54, 1.807) is 0 Å². The maximum absolute atomic E-state index is 14.2. The van der Waals surface area contributed by atoms with E-state index in [0.717, 1.165) is 0 Å². The van der Waals surface area contributed by atoms with Gasteiger partial charge in [-0.05, 0) is 20.8 Å². The zero-order valence-corrected chi connectivity index (χ0v) is 14.0. The Hall–Kier alpha value is -1.17. The first kappa shape index (κ1) is 20.9. The largest absolute Gasteiger partial charge is 0.541 e. The highest BCUT2D eigenvalue weighted by Gasteiger charge is 2.55. The molecule has 0 N–H and O–H groups in total. The maximum atomic E-state index is 14.2. The van der Waals surface area contributed by atoms with Crippen molar-refractivity contribution in [1.29, 1.82) is 0 Å². The predicted octanol–water partition coefficient (Wildman–Crippen LogP) is 3.52. The Balaban J connectivity index is 3.93. The van der Waals surface area contributed by atoms with Crippen molar-refractivity contribution in [1.82, 2.24) is 0 Å². The molecule has 11 heteroatoms. The van der Waals surface area contributed by atoms with Crippen LogP contribution in [0.15, 0.2) is 0 Å². The van der Waals surface area contributed by atoms with Gasteiger partial charge in [-0.1, -0.05) is 0 Å². The van der Waals surface area contributed by atoms with Crippen LogP contribution in [0.5, 0.6) is 0 Å². The molecule has 0 saturated heterocycles. The third-order valence-corrected chi connectivity index (χ3v) is 5.95. The first-order chi connectivity index (χ1) is 11.1. The molecule has 1 aromatic rings. The molecule has 0 spiro atoms. The molecule has 1 rings (SSSR count). The highest BCUT2D eigenvalue weighted by Crippen LogP contribution is 2.35. The lowest BCUT2D eigenvalue weighted by Crippen LogP contribution is -2.61. The molecule has 0 aliphatic heterocycles. The zero-order valence-electron chi connectivity index (χ0n) is 13.0. The number of alkyl halides is 3. The molecule has 0 fully saturated rings. The summed E-state index contributed by atoms with van der Waals surface area (Å²) >= 11 is 0. The van der Waals surface area contributed by atoms with Crippen molar-refractivity contribution in [3.63, 3.8) is 0 Å². The summed E-state index contributed by atoms with van der Waals surface area (Å²) in [4.78, 5) is 0. The van der Waals surface area contributed by atoms with Crippen molar-refractivity contribution in [3.05, 3.63) is 28.8 Å². The van der Waals surface area contributed by atoms with Crippen LogP contribution < -0.4 is 5.19 Å². The van der Waals surface area contributed by atoms with Gasteiger partial charge in [0.25, 0.3) is 0 Å². The Morgan fingerprint density at radius 2 is 1.08 bits per heavy atom. The summed E-state index contributed by atoms with van der Waals surface area (Å²) in [6.07, 6.45) is -5.53. The standard InChI is InChI=1S/C13H15F7O3Si/c1-4-21-24(22-5-2,23-6-3)12-7(13(18,19)20)8(14)9(15)10(16)11(12)17/h4-6H2,1-3H3. The Morgan fingerprint density at radius 3 is 1.42 bits per heavy atom. The van der Waals surface area contributed by atoms with Crippen molar-refractivity contribution < 1.29 is 44.0 Å². The van der Waals surface area contributed by atoms with Gasteiger partial charge in [0.1, 0.15) is 5.56 Å². The highest BCUT2D eigenvalue weighted by atomic mass is 28.4. The van der Waals surface area contributed by atoms with Crippen LogP contribution in [0.1, 0.15) is 26.3 Å². The van der Waals surface area contributed by atoms with E-state index in [0.29, 0.717) is 0 Å². The van der Waals surface area contributed by atoms with Crippen LogP contribution in [0, 0.1) is 23.3 Å². The molecule has 0 radical (unpaired) electrons. The molecule has 3 nitrogen and oxygen atoms in total. The fraction of sp³-hybridized carbons (Fsp3) is 0.538. The molecule has 24 heavy (non-hydrogen) atoms. The van der Waals surface area contributed by atoms with Gasteiger partial charge in [-0.25, -0.2) is 17.6 Å². The molecule has 0 aliphatic carbocycles. The molecule has 0 bridgehead atoms. The summed E-state index contributed by atoms with van der Waals surface area (Å²) in [6, 6.07) is 0. The molecular weight excluding hydrogens is 365 g/mol. The van der Waals surface area contributed by atoms with Gasteiger partial charge in [-0.15, -0.1) is 0 Å². The van der Waals surface area contributed by atoms with Crippen molar-refractivity contribution in [2.24, 2.45) is 0 Å². The maximum Gasteiger partial charge on any atom is 0.541 e. The minimum Gasteiger partial charge on any atom is -0.370 e. The van der Waals surface area contributed by atoms with Gasteiger partial charge in [0.15, 0.2) is 23.3 Å². The van der Waals surface area contributed by atoms with Crippen molar-refractivity contribution in [2.75, 3.05) is 19.8 Å². The fourth-order valence-electron chi connectivity index (χ4n) is 2.10. The molecule has 0 amide bonds. The average Bonchev–Trinajstić information content (AvgIpc) is 2.48. The number of halogens is 7. The number of rotatable bonds is 7. The van der Waals surface area contributed by atoms with Crippen LogP contribution in [-0.2, 0) is 19.5 Å². The van der Waals surface area contributed by atoms with Crippen molar-refractivity contribution in [3.8, 4) is 0 Å². The van der Waals surface area contributed by atoms with Crippen LogP contribution in [0.25, 0.3) is 0 Å². The third kappa shape index (κ3) is 3.73. The molecule has 0 heterocycles. The van der Waals surface area contributed by atoms with Crippen molar-refractivity contribution in [2.45, 2.75) is 26.9 Å². The number of hydrogen-bond donors (Lipinski definition) is 0. The second kappa shape index (κ2) is 7.81. The van der Waals surface area contributed by atoms with Crippen LogP contribution in [0.2, 0.25) is 0 Å². The zero-order chi connectivity index (χ0) is 18.7. The van der Waals surface area contributed by atoms with Gasteiger partial charge in [0.05, 0.1) is 5.19 Å². The molecule has 1 aromatic carbocycles. The first-order valence-corrected chi connectivity index (χ1v) is 8.65. The molecule has 0 aliphatic rings. The van der Waals surface area contributed by atoms with Gasteiger partial charge in [-0.3, -0.25) is 0 Å². The molecule has 0 aromatic heterocycles. The summed E-state index contributed by atoms with van der Waals surface area (Å²) in [5.74, 6) is -9.79. The van der Waals surface area contributed by atoms with Crippen LogP contribution >= 0.6 is 0 Å². The van der Waals surface area contributed by atoms with E-state index in [4.69, 9.17) is 13.3 Å². The third-order valence-electron chi connectivity index (χ3n) is 2.86. The lowest BCUT2D eigenvalue weighted by atomic mass is 10.1. The number of benzene rings is 1. The normalized spacial score (nSPS) is 12.8. The van der Waals surface area contributed by atoms with Gasteiger partial charge in [0, 0.05) is 19.8 Å². The first-order valence-electron chi connectivity index (χ1n) is 6.92. The van der Waals surface area contributed by atoms with Crippen molar-refractivity contribution >= 4 is 14.0 Å². The second-order valence-electron chi connectivity index (χ2n) is 4.36. The Labute approximate surface area is 134 Å². The quantitative estimate of drug-likeness (QED) is 0.314. The summed E-state index contributed by atoms with van der Waals surface area (Å²) < 4.78 is 110. The highest BCUT2D eigenvalue weighted by molar-refractivity contribution is 6.76. The lowest BCUT2D eigenvalue weighted by Gasteiger charge is -2.31. The van der Waals surface area contributed by atoms with E-state index in [9.17, 15) is 30.7 Å². The lowest BCUT2D eigenvalue weighted by molar-refractivity contribution is -0.140. The van der Waals surface area contributed by atoms with Crippen LogP contribution in [0.4, 0.5) is 30.7 Å². The Kier molecular flexibility index (Phi) is 6.79. The predicted molar refractivity (Wildman–Crippen MR) is 71.5 cm³/mol. The van der Waals surface area contributed by atoms with E-state index in [1.165, 1.54) is 20.8 Å². The Bertz CT molecular complexity index is 575. The second-order valence-corrected chi connectivity index (χ2v) is 6.84. The van der Waals surface area contributed by atoms with E-state index < -0.39 is 49.0 Å². The summed E-state index contributed by atoms with van der Waals surface area (Å²) in [5.41, 5.74) is -2.33. The van der Waals surface area contributed by atoms with Crippen LogP contribution in [0.3, 0.4) is 0 Å². The molecule has 0 unspecified atom stereocenters. The minimum atomic E-state index is -5.53. The smallest absolute Gasteiger partial charge is 0.370 e. The van der Waals surface area contributed by atoms with E-state index in [2.05, 4.69) is 0 Å². The van der Waals surface area contributed by atoms with E-state index in [-0.39, 0.29) is 19.8 Å². The molecular formula is C13H15F7O3Si. The van der Waals surface area contributed by atoms with E-state index >= 15 is 0 Å². The molecule has 138 valence electrons. The molecule has 0 atom stereocenters. The average molecular weight is 380 g/mol. The minimum absolute atomic E-state index is 0.288. The van der Waals surface area contributed by atoms with Crippen LogP contribution in [-0.4, -0.2) is 28.6 Å².